The molecule has 0 heterocycles. The largest absolute Gasteiger partial charge is 0.301 e. The van der Waals surface area contributed by atoms with E-state index in [0.717, 1.165) is 16.3 Å². The Morgan fingerprint density at radius 1 is 0.923 bits per heavy atom. The number of rotatable bonds is 6. The highest BCUT2D eigenvalue weighted by Crippen LogP contribution is 2.21. The third-order valence-corrected chi connectivity index (χ3v) is 6.00. The van der Waals surface area contributed by atoms with Crippen molar-refractivity contribution in [3.05, 3.63) is 77.9 Å². The van der Waals surface area contributed by atoms with Gasteiger partial charge in [0.15, 0.2) is 0 Å². The molecule has 4 nitrogen and oxygen atoms in total. The number of likely N-dealkylation sites (N-methyl/N-ethyl adjacent to an activating group) is 1. The number of aryl methyl sites for hydroxylation is 1. The van der Waals surface area contributed by atoms with Crippen LogP contribution < -0.4 is 4.72 Å². The lowest BCUT2D eigenvalue weighted by Crippen LogP contribution is -2.34. The molecule has 1 N–H and O–H groups in total. The van der Waals surface area contributed by atoms with Crippen LogP contribution in [0.25, 0.3) is 10.8 Å². The zero-order valence-corrected chi connectivity index (χ0v) is 16.1. The first-order chi connectivity index (χ1) is 12.4. The first-order valence-corrected chi connectivity index (χ1v) is 10.1. The molecule has 0 fully saturated rings. The van der Waals surface area contributed by atoms with Gasteiger partial charge in [-0.25, -0.2) is 13.1 Å². The fourth-order valence-corrected chi connectivity index (χ4v) is 4.07. The topological polar surface area (TPSA) is 49.4 Å². The Balaban J connectivity index is 1.81. The van der Waals surface area contributed by atoms with Crippen LogP contribution in [0.1, 0.15) is 17.2 Å². The molecular weight excluding hydrogens is 344 g/mol. The fourth-order valence-electron chi connectivity index (χ4n) is 2.99. The van der Waals surface area contributed by atoms with Gasteiger partial charge >= 0.3 is 0 Å². The first kappa shape index (κ1) is 18.6. The molecule has 26 heavy (non-hydrogen) atoms. The summed E-state index contributed by atoms with van der Waals surface area (Å²) in [4.78, 5) is 2.31. The van der Waals surface area contributed by atoms with E-state index in [2.05, 4.69) is 4.72 Å². The predicted octanol–water partition coefficient (Wildman–Crippen LogP) is 3.73. The normalized spacial score (nSPS) is 13.2. The van der Waals surface area contributed by atoms with Crippen LogP contribution >= 0.6 is 0 Å². The molecule has 1 unspecified atom stereocenters. The van der Waals surface area contributed by atoms with Gasteiger partial charge in [-0.2, -0.15) is 0 Å². The van der Waals surface area contributed by atoms with E-state index in [-0.39, 0.29) is 10.9 Å². The lowest BCUT2D eigenvalue weighted by Gasteiger charge is -2.25. The van der Waals surface area contributed by atoms with Crippen molar-refractivity contribution in [1.82, 2.24) is 9.62 Å². The molecule has 0 saturated carbocycles. The summed E-state index contributed by atoms with van der Waals surface area (Å²) in [6.45, 7) is 2.35. The van der Waals surface area contributed by atoms with Crippen LogP contribution in [0, 0.1) is 6.92 Å². The van der Waals surface area contributed by atoms with E-state index >= 15 is 0 Å². The first-order valence-electron chi connectivity index (χ1n) is 8.58. The second-order valence-corrected chi connectivity index (χ2v) is 8.52. The van der Waals surface area contributed by atoms with Crippen LogP contribution in [-0.2, 0) is 10.0 Å². The van der Waals surface area contributed by atoms with Crippen LogP contribution in [0.3, 0.4) is 0 Å². The second kappa shape index (κ2) is 7.58. The smallest absolute Gasteiger partial charge is 0.240 e. The van der Waals surface area contributed by atoms with Crippen molar-refractivity contribution in [2.24, 2.45) is 0 Å². The molecule has 0 aliphatic heterocycles. The molecule has 0 saturated heterocycles. The van der Waals surface area contributed by atoms with E-state index in [1.165, 1.54) is 5.56 Å². The molecule has 0 aromatic heterocycles. The Hall–Kier alpha value is -2.21. The number of fused-ring (bicyclic) bond motifs is 1. The summed E-state index contributed by atoms with van der Waals surface area (Å²) in [6, 6.07) is 21.1. The van der Waals surface area contributed by atoms with Gasteiger partial charge in [-0.3, -0.25) is 0 Å². The highest BCUT2D eigenvalue weighted by molar-refractivity contribution is 7.89. The third-order valence-electron chi connectivity index (χ3n) is 4.58. The van der Waals surface area contributed by atoms with Gasteiger partial charge in [0.2, 0.25) is 10.0 Å². The van der Waals surface area contributed by atoms with E-state index in [1.807, 2.05) is 80.5 Å². The zero-order valence-electron chi connectivity index (χ0n) is 15.3. The SMILES string of the molecule is Cc1ccc(C(CNS(=O)(=O)c2ccc3ccccc3c2)N(C)C)cc1. The van der Waals surface area contributed by atoms with Crippen molar-refractivity contribution in [3.63, 3.8) is 0 Å². The molecule has 0 aliphatic rings. The summed E-state index contributed by atoms with van der Waals surface area (Å²) in [5.74, 6) is 0. The molecule has 3 rings (SSSR count). The van der Waals surface area contributed by atoms with Gasteiger partial charge in [0.25, 0.3) is 0 Å². The lowest BCUT2D eigenvalue weighted by molar-refractivity contribution is 0.299. The third kappa shape index (κ3) is 4.12. The summed E-state index contributed by atoms with van der Waals surface area (Å²) in [6.07, 6.45) is 0. The van der Waals surface area contributed by atoms with Crippen molar-refractivity contribution >= 4 is 20.8 Å². The molecule has 1 atom stereocenters. The monoisotopic (exact) mass is 368 g/mol. The highest BCUT2D eigenvalue weighted by Gasteiger charge is 2.20. The van der Waals surface area contributed by atoms with Gasteiger partial charge in [0, 0.05) is 12.6 Å². The summed E-state index contributed by atoms with van der Waals surface area (Å²) in [7, 11) is 0.333. The Morgan fingerprint density at radius 2 is 1.58 bits per heavy atom. The van der Waals surface area contributed by atoms with E-state index in [1.54, 1.807) is 12.1 Å². The van der Waals surface area contributed by atoms with Crippen LogP contribution in [0.5, 0.6) is 0 Å². The maximum atomic E-state index is 12.8. The maximum absolute atomic E-state index is 12.8. The van der Waals surface area contributed by atoms with Crippen molar-refractivity contribution in [1.29, 1.82) is 0 Å². The molecule has 0 amide bonds. The number of hydrogen-bond acceptors (Lipinski definition) is 3. The standard InChI is InChI=1S/C21H24N2O2S/c1-16-8-10-18(11-9-16)21(23(2)3)15-22-26(24,25)20-13-12-17-6-4-5-7-19(17)14-20/h4-14,21-22H,15H2,1-3H3. The quantitative estimate of drug-likeness (QED) is 0.721. The van der Waals surface area contributed by atoms with Crippen molar-refractivity contribution in [3.8, 4) is 0 Å². The maximum Gasteiger partial charge on any atom is 0.240 e. The predicted molar refractivity (Wildman–Crippen MR) is 107 cm³/mol. The van der Waals surface area contributed by atoms with Crippen LogP contribution in [0.4, 0.5) is 0 Å². The van der Waals surface area contributed by atoms with Crippen molar-refractivity contribution < 1.29 is 8.42 Å². The van der Waals surface area contributed by atoms with E-state index in [9.17, 15) is 8.42 Å². The molecule has 5 heteroatoms. The molecule has 0 spiro atoms. The molecular formula is C21H24N2O2S. The fraction of sp³-hybridized carbons (Fsp3) is 0.238. The van der Waals surface area contributed by atoms with E-state index in [4.69, 9.17) is 0 Å². The average molecular weight is 369 g/mol. The summed E-state index contributed by atoms with van der Waals surface area (Å²) >= 11 is 0. The van der Waals surface area contributed by atoms with Gasteiger partial charge < -0.3 is 4.90 Å². The molecule has 3 aromatic rings. The number of benzene rings is 3. The van der Waals surface area contributed by atoms with Gasteiger partial charge in [-0.05, 0) is 49.5 Å². The van der Waals surface area contributed by atoms with E-state index < -0.39 is 10.0 Å². The minimum Gasteiger partial charge on any atom is -0.301 e. The van der Waals surface area contributed by atoms with Gasteiger partial charge in [0.05, 0.1) is 4.90 Å². The Bertz CT molecular complexity index is 996. The molecule has 3 aromatic carbocycles. The summed E-state index contributed by atoms with van der Waals surface area (Å²) in [5.41, 5.74) is 2.27. The zero-order chi connectivity index (χ0) is 18.7. The van der Waals surface area contributed by atoms with Crippen molar-refractivity contribution in [2.45, 2.75) is 17.9 Å². The Morgan fingerprint density at radius 3 is 2.23 bits per heavy atom. The van der Waals surface area contributed by atoms with Crippen LogP contribution in [0.2, 0.25) is 0 Å². The molecule has 0 bridgehead atoms. The molecule has 0 aliphatic carbocycles. The minimum atomic E-state index is -3.57. The van der Waals surface area contributed by atoms with Crippen LogP contribution in [0.15, 0.2) is 71.6 Å². The van der Waals surface area contributed by atoms with E-state index in [0.29, 0.717) is 6.54 Å². The number of nitrogens with one attached hydrogen (secondary N) is 1. The van der Waals surface area contributed by atoms with Crippen LogP contribution in [-0.4, -0.2) is 34.0 Å². The van der Waals surface area contributed by atoms with Gasteiger partial charge in [0.1, 0.15) is 0 Å². The Kier molecular flexibility index (Phi) is 5.41. The second-order valence-electron chi connectivity index (χ2n) is 6.75. The Labute approximate surface area is 155 Å². The number of nitrogens with zero attached hydrogens (tertiary/aromatic N) is 1. The van der Waals surface area contributed by atoms with Gasteiger partial charge in [-0.1, -0.05) is 60.2 Å². The molecule has 0 radical (unpaired) electrons. The number of hydrogen-bond donors (Lipinski definition) is 1. The highest BCUT2D eigenvalue weighted by atomic mass is 32.2. The summed E-state index contributed by atoms with van der Waals surface area (Å²) in [5, 5.41) is 1.94. The average Bonchev–Trinajstić information content (AvgIpc) is 2.62. The van der Waals surface area contributed by atoms with Crippen molar-refractivity contribution in [2.75, 3.05) is 20.6 Å². The lowest BCUT2D eigenvalue weighted by atomic mass is 10.0. The number of sulfonamides is 1. The minimum absolute atomic E-state index is 0.0363. The van der Waals surface area contributed by atoms with Gasteiger partial charge in [-0.15, -0.1) is 0 Å². The summed E-state index contributed by atoms with van der Waals surface area (Å²) < 4.78 is 28.3. The molecule has 136 valence electrons.